The van der Waals surface area contributed by atoms with Crippen molar-refractivity contribution in [1.29, 1.82) is 0 Å². The summed E-state index contributed by atoms with van der Waals surface area (Å²) in [5.74, 6) is 0. The molecule has 0 saturated heterocycles. The van der Waals surface area contributed by atoms with E-state index in [0.29, 0.717) is 11.1 Å². The molecule has 0 amide bonds. The minimum absolute atomic E-state index is 0.391. The first-order chi connectivity index (χ1) is 12.6. The Hall–Kier alpha value is 0.932. The van der Waals surface area contributed by atoms with Crippen molar-refractivity contribution in [1.82, 2.24) is 0 Å². The summed E-state index contributed by atoms with van der Waals surface area (Å²) in [6.07, 6.45) is 14.5. The molecular formula is C23H50OSi2Sn. The van der Waals surface area contributed by atoms with Crippen LogP contribution in [0.5, 0.6) is 0 Å². The van der Waals surface area contributed by atoms with Crippen LogP contribution in [0.2, 0.25) is 31.4 Å². The molecule has 1 unspecified atom stereocenters. The van der Waals surface area contributed by atoms with Crippen molar-refractivity contribution in [2.45, 2.75) is 130 Å². The molecule has 0 saturated carbocycles. The fraction of sp³-hybridized carbons (Fsp3) is 0.913. The van der Waals surface area contributed by atoms with Crippen molar-refractivity contribution >= 4 is 35.2 Å². The molecule has 0 aliphatic heterocycles. The standard InChI is InChI=1S/C11H23OSi2.3C4H9.Sn/c1-11(2,3)14(4,5)13-12-10-8-6-7-9-10;3*1-3-4-2;/h9-10H,6,8,13H2,1-5H3;3*1,3-4H2,2H3;. The molecule has 1 atom stereocenters. The predicted octanol–water partition coefficient (Wildman–Crippen LogP) is 7.57. The van der Waals surface area contributed by atoms with Crippen LogP contribution in [-0.2, 0) is 4.43 Å². The molecule has 0 radical (unpaired) electrons. The molecule has 0 aromatic heterocycles. The van der Waals surface area contributed by atoms with E-state index >= 15 is 0 Å². The van der Waals surface area contributed by atoms with E-state index in [1.165, 1.54) is 51.4 Å². The summed E-state index contributed by atoms with van der Waals surface area (Å²) in [6, 6.07) is 0. The summed E-state index contributed by atoms with van der Waals surface area (Å²) in [6.45, 7) is 19.6. The molecule has 1 aliphatic rings. The Balaban J connectivity index is 2.90. The average molecular weight is 518 g/mol. The average Bonchev–Trinajstić information content (AvgIpc) is 3.08. The Morgan fingerprint density at radius 3 is 1.89 bits per heavy atom. The molecule has 1 nitrogen and oxygen atoms in total. The maximum atomic E-state index is 6.69. The number of allylic oxidation sites excluding steroid dienone is 1. The molecular weight excluding hydrogens is 467 g/mol. The second kappa shape index (κ2) is 11.9. The van der Waals surface area contributed by atoms with E-state index in [2.05, 4.69) is 60.7 Å². The third-order valence-electron chi connectivity index (χ3n) is 7.48. The SMILES string of the molecule is CCC[CH2][Sn]([CH2]CCC)([CH2]CCC)[C]1=CC(O[SiH2][Si](C)(C)C(C)(C)C)CC1. The van der Waals surface area contributed by atoms with Crippen LogP contribution in [0.25, 0.3) is 0 Å². The van der Waals surface area contributed by atoms with Gasteiger partial charge in [-0.3, -0.25) is 0 Å². The van der Waals surface area contributed by atoms with Crippen molar-refractivity contribution in [3.63, 3.8) is 0 Å². The fourth-order valence-electron chi connectivity index (χ4n) is 4.20. The third-order valence-corrected chi connectivity index (χ3v) is 35.0. The number of unbranched alkanes of at least 4 members (excludes halogenated alkanes) is 3. The maximum absolute atomic E-state index is 6.69. The van der Waals surface area contributed by atoms with Crippen LogP contribution in [-0.4, -0.2) is 41.4 Å². The van der Waals surface area contributed by atoms with Gasteiger partial charge in [0.25, 0.3) is 0 Å². The van der Waals surface area contributed by atoms with Gasteiger partial charge in [-0.15, -0.1) is 0 Å². The van der Waals surface area contributed by atoms with Crippen molar-refractivity contribution in [2.24, 2.45) is 0 Å². The van der Waals surface area contributed by atoms with Gasteiger partial charge in [-0.2, -0.15) is 0 Å². The first-order valence-corrected chi connectivity index (χ1v) is 25.3. The molecule has 27 heavy (non-hydrogen) atoms. The van der Waals surface area contributed by atoms with Gasteiger partial charge in [0.1, 0.15) is 0 Å². The first kappa shape index (κ1) is 26.0. The number of hydrogen-bond donors (Lipinski definition) is 0. The summed E-state index contributed by atoms with van der Waals surface area (Å²) in [4.78, 5) is 0. The van der Waals surface area contributed by atoms with E-state index in [1.807, 2.05) is 3.59 Å². The van der Waals surface area contributed by atoms with E-state index in [4.69, 9.17) is 4.43 Å². The molecule has 0 fully saturated rings. The van der Waals surface area contributed by atoms with Gasteiger partial charge in [-0.05, 0) is 0 Å². The van der Waals surface area contributed by atoms with Gasteiger partial charge in [-0.25, -0.2) is 0 Å². The Morgan fingerprint density at radius 2 is 1.48 bits per heavy atom. The van der Waals surface area contributed by atoms with Crippen LogP contribution in [0, 0.1) is 0 Å². The summed E-state index contributed by atoms with van der Waals surface area (Å²) in [5, 5.41) is 0.483. The van der Waals surface area contributed by atoms with Gasteiger partial charge < -0.3 is 0 Å². The van der Waals surface area contributed by atoms with E-state index < -0.39 is 35.2 Å². The van der Waals surface area contributed by atoms with E-state index in [0.717, 1.165) is 0 Å². The quantitative estimate of drug-likeness (QED) is 0.229. The molecule has 0 aromatic carbocycles. The summed E-state index contributed by atoms with van der Waals surface area (Å²) in [7, 11) is -1.59. The van der Waals surface area contributed by atoms with Crippen molar-refractivity contribution < 1.29 is 4.43 Å². The van der Waals surface area contributed by atoms with Crippen molar-refractivity contribution in [2.75, 3.05) is 0 Å². The Labute approximate surface area is 179 Å². The molecule has 160 valence electrons. The van der Waals surface area contributed by atoms with Crippen LogP contribution >= 0.6 is 0 Å². The normalized spacial score (nSPS) is 19.3. The monoisotopic (exact) mass is 518 g/mol. The molecule has 0 aromatic rings. The van der Waals surface area contributed by atoms with Gasteiger partial charge in [0, 0.05) is 0 Å². The molecule has 4 heteroatoms. The predicted molar refractivity (Wildman–Crippen MR) is 133 cm³/mol. The van der Waals surface area contributed by atoms with Gasteiger partial charge in [0.15, 0.2) is 0 Å². The van der Waals surface area contributed by atoms with E-state index in [9.17, 15) is 0 Å². The first-order valence-electron chi connectivity index (χ1n) is 11.9. The van der Waals surface area contributed by atoms with Crippen molar-refractivity contribution in [3.8, 4) is 0 Å². The zero-order chi connectivity index (χ0) is 20.6. The van der Waals surface area contributed by atoms with Crippen LogP contribution in [0.15, 0.2) is 9.67 Å². The fourth-order valence-corrected chi connectivity index (χ4v) is 25.9. The second-order valence-corrected chi connectivity index (χ2v) is 36.3. The van der Waals surface area contributed by atoms with Gasteiger partial charge >= 0.3 is 180 Å². The number of rotatable bonds is 13. The Kier molecular flexibility index (Phi) is 11.5. The molecule has 0 bridgehead atoms. The van der Waals surface area contributed by atoms with E-state index in [1.54, 1.807) is 13.3 Å². The molecule has 1 rings (SSSR count). The Bertz CT molecular complexity index is 432. The van der Waals surface area contributed by atoms with Gasteiger partial charge in [-0.1, -0.05) is 0 Å². The van der Waals surface area contributed by atoms with Crippen LogP contribution in [0.3, 0.4) is 0 Å². The second-order valence-electron chi connectivity index (χ2n) is 10.8. The summed E-state index contributed by atoms with van der Waals surface area (Å²) in [5.41, 5.74) is 0. The summed E-state index contributed by atoms with van der Waals surface area (Å²) >= 11 is -2.17. The van der Waals surface area contributed by atoms with Crippen molar-refractivity contribution in [3.05, 3.63) is 9.67 Å². The minimum atomic E-state index is -2.17. The van der Waals surface area contributed by atoms with Crippen LogP contribution < -0.4 is 0 Å². The molecule has 0 spiro atoms. The topological polar surface area (TPSA) is 9.23 Å². The number of hydrogen-bond acceptors (Lipinski definition) is 1. The zero-order valence-electron chi connectivity index (χ0n) is 20.0. The summed E-state index contributed by atoms with van der Waals surface area (Å²) < 4.78 is 13.5. The van der Waals surface area contributed by atoms with Crippen LogP contribution in [0.4, 0.5) is 0 Å². The molecule has 0 heterocycles. The molecule has 0 N–H and O–H groups in total. The third kappa shape index (κ3) is 7.94. The van der Waals surface area contributed by atoms with Gasteiger partial charge in [0.05, 0.1) is 0 Å². The zero-order valence-corrected chi connectivity index (χ0v) is 25.3. The molecule has 1 aliphatic carbocycles. The van der Waals surface area contributed by atoms with E-state index in [-0.39, 0.29) is 0 Å². The van der Waals surface area contributed by atoms with Crippen LogP contribution in [0.1, 0.15) is 92.9 Å². The Morgan fingerprint density at radius 1 is 1.00 bits per heavy atom. The van der Waals surface area contributed by atoms with Gasteiger partial charge in [0.2, 0.25) is 0 Å².